The Morgan fingerprint density at radius 2 is 2.10 bits per heavy atom. The number of ether oxygens (including phenoxy) is 1. The van der Waals surface area contributed by atoms with Crippen LogP contribution in [-0.4, -0.2) is 34.8 Å². The zero-order chi connectivity index (χ0) is 14.6. The van der Waals surface area contributed by atoms with Crippen molar-refractivity contribution >= 4 is 12.0 Å². The van der Waals surface area contributed by atoms with E-state index < -0.39 is 11.7 Å². The Bertz CT molecular complexity index is 447. The summed E-state index contributed by atoms with van der Waals surface area (Å²) in [5.41, 5.74) is 0.574. The van der Waals surface area contributed by atoms with Crippen LogP contribution < -0.4 is 10.6 Å². The second-order valence-corrected chi connectivity index (χ2v) is 6.01. The average molecular weight is 278 g/mol. The maximum Gasteiger partial charge on any atom is 0.414 e. The molecule has 1 aromatic rings. The first kappa shape index (κ1) is 14.7. The van der Waals surface area contributed by atoms with Gasteiger partial charge in [-0.05, 0) is 51.6 Å². The largest absolute Gasteiger partial charge is 0.444 e. The molecule has 2 rings (SSSR count). The van der Waals surface area contributed by atoms with Crippen molar-refractivity contribution < 1.29 is 9.53 Å². The molecule has 1 aliphatic rings. The summed E-state index contributed by atoms with van der Waals surface area (Å²) in [6.45, 7) is 7.48. The maximum atomic E-state index is 11.6. The van der Waals surface area contributed by atoms with Crippen molar-refractivity contribution in [1.82, 2.24) is 15.3 Å². The van der Waals surface area contributed by atoms with Crippen LogP contribution in [0.2, 0.25) is 0 Å². The SMILES string of the molecule is CC(C)(C)OC(=O)Nc1ncc(C2CCCNC2)cn1. The second kappa shape index (κ2) is 6.17. The van der Waals surface area contributed by atoms with Gasteiger partial charge in [0.1, 0.15) is 5.60 Å². The van der Waals surface area contributed by atoms with Crippen LogP contribution in [0, 0.1) is 0 Å². The number of nitrogens with one attached hydrogen (secondary N) is 2. The van der Waals surface area contributed by atoms with E-state index in [1.165, 1.54) is 6.42 Å². The zero-order valence-corrected chi connectivity index (χ0v) is 12.3. The van der Waals surface area contributed by atoms with Crippen molar-refractivity contribution in [3.05, 3.63) is 18.0 Å². The van der Waals surface area contributed by atoms with Gasteiger partial charge in [-0.2, -0.15) is 0 Å². The number of hydrogen-bond donors (Lipinski definition) is 2. The highest BCUT2D eigenvalue weighted by molar-refractivity contribution is 5.82. The minimum atomic E-state index is -0.537. The van der Waals surface area contributed by atoms with Crippen LogP contribution in [-0.2, 0) is 4.74 Å². The smallest absolute Gasteiger partial charge is 0.414 e. The average Bonchev–Trinajstić information content (AvgIpc) is 2.38. The molecule has 1 aliphatic heterocycles. The Morgan fingerprint density at radius 3 is 2.65 bits per heavy atom. The number of carbonyl (C=O) groups is 1. The lowest BCUT2D eigenvalue weighted by Crippen LogP contribution is -2.29. The lowest BCUT2D eigenvalue weighted by Gasteiger charge is -2.22. The molecule has 0 aliphatic carbocycles. The standard InChI is InChI=1S/C14H22N4O2/c1-14(2,3)20-13(19)18-12-16-8-11(9-17-12)10-5-4-6-15-7-10/h8-10,15H,4-7H2,1-3H3,(H,16,17,18,19). The Hall–Kier alpha value is -1.69. The molecular weight excluding hydrogens is 256 g/mol. The van der Waals surface area contributed by atoms with E-state index in [9.17, 15) is 4.79 Å². The number of nitrogens with zero attached hydrogens (tertiary/aromatic N) is 2. The predicted octanol–water partition coefficient (Wildman–Crippen LogP) is 2.29. The van der Waals surface area contributed by atoms with E-state index >= 15 is 0 Å². The van der Waals surface area contributed by atoms with Gasteiger partial charge in [0.05, 0.1) is 0 Å². The monoisotopic (exact) mass is 278 g/mol. The third-order valence-electron chi connectivity index (χ3n) is 3.05. The van der Waals surface area contributed by atoms with E-state index in [0.717, 1.165) is 25.1 Å². The Morgan fingerprint density at radius 1 is 1.40 bits per heavy atom. The fraction of sp³-hybridized carbons (Fsp3) is 0.643. The highest BCUT2D eigenvalue weighted by Crippen LogP contribution is 2.22. The normalized spacial score (nSPS) is 19.4. The van der Waals surface area contributed by atoms with Crippen LogP contribution in [0.5, 0.6) is 0 Å². The summed E-state index contributed by atoms with van der Waals surface area (Å²) in [6.07, 6.45) is 5.33. The van der Waals surface area contributed by atoms with Gasteiger partial charge in [-0.3, -0.25) is 5.32 Å². The van der Waals surface area contributed by atoms with Crippen LogP contribution >= 0.6 is 0 Å². The lowest BCUT2D eigenvalue weighted by atomic mass is 9.94. The van der Waals surface area contributed by atoms with Gasteiger partial charge in [-0.25, -0.2) is 14.8 Å². The van der Waals surface area contributed by atoms with Gasteiger partial charge in [0.2, 0.25) is 5.95 Å². The molecule has 1 unspecified atom stereocenters. The molecule has 1 aromatic heterocycles. The molecule has 20 heavy (non-hydrogen) atoms. The predicted molar refractivity (Wildman–Crippen MR) is 76.7 cm³/mol. The molecule has 1 fully saturated rings. The lowest BCUT2D eigenvalue weighted by molar-refractivity contribution is 0.0634. The molecule has 0 bridgehead atoms. The van der Waals surface area contributed by atoms with Crippen LogP contribution in [0.3, 0.4) is 0 Å². The summed E-state index contributed by atoms with van der Waals surface area (Å²) in [7, 11) is 0. The Balaban J connectivity index is 1.92. The van der Waals surface area contributed by atoms with Gasteiger partial charge >= 0.3 is 6.09 Å². The van der Waals surface area contributed by atoms with Crippen LogP contribution in [0.1, 0.15) is 45.1 Å². The van der Waals surface area contributed by atoms with E-state index in [1.54, 1.807) is 12.4 Å². The molecule has 6 nitrogen and oxygen atoms in total. The molecule has 0 spiro atoms. The third kappa shape index (κ3) is 4.45. The minimum Gasteiger partial charge on any atom is -0.444 e. The summed E-state index contributed by atoms with van der Waals surface area (Å²) < 4.78 is 5.15. The molecule has 0 radical (unpaired) electrons. The summed E-state index contributed by atoms with van der Waals surface area (Å²) in [5.74, 6) is 0.728. The molecule has 0 saturated carbocycles. The number of hydrogen-bond acceptors (Lipinski definition) is 5. The minimum absolute atomic E-state index is 0.270. The van der Waals surface area contributed by atoms with Crippen molar-refractivity contribution in [2.75, 3.05) is 18.4 Å². The second-order valence-electron chi connectivity index (χ2n) is 6.01. The molecule has 6 heteroatoms. The molecule has 1 amide bonds. The van der Waals surface area contributed by atoms with Gasteiger partial charge in [0, 0.05) is 18.9 Å². The molecule has 2 heterocycles. The van der Waals surface area contributed by atoms with E-state index in [2.05, 4.69) is 20.6 Å². The van der Waals surface area contributed by atoms with E-state index in [-0.39, 0.29) is 5.95 Å². The van der Waals surface area contributed by atoms with Gasteiger partial charge < -0.3 is 10.1 Å². The van der Waals surface area contributed by atoms with Crippen LogP contribution in [0.25, 0.3) is 0 Å². The molecule has 1 saturated heterocycles. The molecule has 0 aromatic carbocycles. The summed E-state index contributed by atoms with van der Waals surface area (Å²) in [5, 5.41) is 5.89. The van der Waals surface area contributed by atoms with Crippen molar-refractivity contribution in [3.63, 3.8) is 0 Å². The van der Waals surface area contributed by atoms with E-state index in [1.807, 2.05) is 20.8 Å². The number of aromatic nitrogens is 2. The Labute approximate surface area is 119 Å². The number of carbonyl (C=O) groups excluding carboxylic acids is 1. The maximum absolute atomic E-state index is 11.6. The first-order valence-electron chi connectivity index (χ1n) is 6.97. The fourth-order valence-electron chi connectivity index (χ4n) is 2.14. The topological polar surface area (TPSA) is 76.1 Å². The molecule has 110 valence electrons. The number of rotatable bonds is 2. The third-order valence-corrected chi connectivity index (χ3v) is 3.05. The van der Waals surface area contributed by atoms with Gasteiger partial charge in [0.25, 0.3) is 0 Å². The van der Waals surface area contributed by atoms with Crippen molar-refractivity contribution in [2.24, 2.45) is 0 Å². The van der Waals surface area contributed by atoms with Crippen LogP contribution in [0.4, 0.5) is 10.7 Å². The fourth-order valence-corrected chi connectivity index (χ4v) is 2.14. The highest BCUT2D eigenvalue weighted by atomic mass is 16.6. The molecule has 2 N–H and O–H groups in total. The number of amides is 1. The summed E-state index contributed by atoms with van der Waals surface area (Å²) in [4.78, 5) is 19.9. The van der Waals surface area contributed by atoms with E-state index in [0.29, 0.717) is 5.92 Å². The van der Waals surface area contributed by atoms with Crippen molar-refractivity contribution in [3.8, 4) is 0 Å². The summed E-state index contributed by atoms with van der Waals surface area (Å²) >= 11 is 0. The van der Waals surface area contributed by atoms with Crippen LogP contribution in [0.15, 0.2) is 12.4 Å². The first-order valence-corrected chi connectivity index (χ1v) is 6.97. The summed E-state index contributed by atoms with van der Waals surface area (Å²) in [6, 6.07) is 0. The van der Waals surface area contributed by atoms with E-state index in [4.69, 9.17) is 4.74 Å². The quantitative estimate of drug-likeness (QED) is 0.868. The van der Waals surface area contributed by atoms with Crippen molar-refractivity contribution in [1.29, 1.82) is 0 Å². The van der Waals surface area contributed by atoms with Gasteiger partial charge in [-0.15, -0.1) is 0 Å². The zero-order valence-electron chi connectivity index (χ0n) is 12.3. The highest BCUT2D eigenvalue weighted by Gasteiger charge is 2.18. The first-order chi connectivity index (χ1) is 9.44. The molecular formula is C14H22N4O2. The number of piperidine rings is 1. The van der Waals surface area contributed by atoms with Crippen molar-refractivity contribution in [2.45, 2.75) is 45.1 Å². The van der Waals surface area contributed by atoms with Gasteiger partial charge in [-0.1, -0.05) is 0 Å². The molecule has 1 atom stereocenters. The number of anilines is 1. The Kier molecular flexibility index (Phi) is 4.54. The van der Waals surface area contributed by atoms with Gasteiger partial charge in [0.15, 0.2) is 0 Å².